The highest BCUT2D eigenvalue weighted by atomic mass is 32.2. The van der Waals surface area contributed by atoms with Gasteiger partial charge in [-0.2, -0.15) is 8.42 Å². The van der Waals surface area contributed by atoms with E-state index in [9.17, 15) is 26.4 Å². The van der Waals surface area contributed by atoms with E-state index in [-0.39, 0.29) is 17.9 Å². The quantitative estimate of drug-likeness (QED) is 0.365. The number of carbonyl (C=O) groups excluding carboxylic acids is 2. The number of rotatable bonds is 8. The Hall–Kier alpha value is -3.04. The second kappa shape index (κ2) is 13.1. The second-order valence-electron chi connectivity index (χ2n) is 11.4. The average molecular weight is 625 g/mol. The van der Waals surface area contributed by atoms with Crippen LogP contribution < -0.4 is 15.4 Å². The Labute approximate surface area is 248 Å². The lowest BCUT2D eigenvalue weighted by atomic mass is 9.74. The molecule has 0 aliphatic carbocycles. The van der Waals surface area contributed by atoms with Crippen molar-refractivity contribution in [1.29, 1.82) is 0 Å². The summed E-state index contributed by atoms with van der Waals surface area (Å²) in [6, 6.07) is 16.3. The fourth-order valence-electron chi connectivity index (χ4n) is 5.07. The highest BCUT2D eigenvalue weighted by Crippen LogP contribution is 2.47. The van der Waals surface area contributed by atoms with Crippen LogP contribution in [0.5, 0.6) is 0 Å². The molecule has 4 N–H and O–H groups in total. The van der Waals surface area contributed by atoms with E-state index in [0.717, 1.165) is 16.8 Å². The predicted molar refractivity (Wildman–Crippen MR) is 160 cm³/mol. The summed E-state index contributed by atoms with van der Waals surface area (Å²) in [5.74, 6) is -0.664. The monoisotopic (exact) mass is 624 g/mol. The Bertz CT molecular complexity index is 1460. The van der Waals surface area contributed by atoms with Crippen LogP contribution in [-0.4, -0.2) is 88.4 Å². The first-order valence-corrected chi connectivity index (χ1v) is 17.1. The third kappa shape index (κ3) is 8.98. The van der Waals surface area contributed by atoms with Gasteiger partial charge in [-0.3, -0.25) is 18.4 Å². The van der Waals surface area contributed by atoms with Crippen molar-refractivity contribution in [2.75, 3.05) is 43.1 Å². The van der Waals surface area contributed by atoms with E-state index >= 15 is 0 Å². The van der Waals surface area contributed by atoms with Crippen molar-refractivity contribution in [2.45, 2.75) is 50.3 Å². The second-order valence-corrected chi connectivity index (χ2v) is 14.7. The van der Waals surface area contributed by atoms with Gasteiger partial charge >= 0.3 is 0 Å². The van der Waals surface area contributed by atoms with E-state index < -0.39 is 37.6 Å². The molecule has 2 aromatic rings. The molecule has 1 fully saturated rings. The molecule has 2 aliphatic heterocycles. The molecule has 0 saturated carbocycles. The first-order valence-electron chi connectivity index (χ1n) is 13.4. The maximum Gasteiger partial charge on any atom is 0.261 e. The van der Waals surface area contributed by atoms with Crippen LogP contribution in [-0.2, 0) is 46.5 Å². The third-order valence-electron chi connectivity index (χ3n) is 7.21. The van der Waals surface area contributed by atoms with Gasteiger partial charge in [0.1, 0.15) is 6.04 Å². The normalized spacial score (nSPS) is 17.2. The van der Waals surface area contributed by atoms with Crippen LogP contribution in [0.3, 0.4) is 0 Å². The minimum atomic E-state index is -3.67. The number of para-hydroxylation sites is 1. The Morgan fingerprint density at radius 3 is 2.12 bits per heavy atom. The smallest absolute Gasteiger partial charge is 0.261 e. The van der Waals surface area contributed by atoms with E-state index in [1.54, 1.807) is 18.7 Å². The molecule has 2 aromatic carbocycles. The highest BCUT2D eigenvalue weighted by Gasteiger charge is 2.48. The number of nitrogens with zero attached hydrogens (tertiary/aromatic N) is 2. The number of anilines is 1. The number of piperidine rings is 1. The van der Waals surface area contributed by atoms with Gasteiger partial charge in [-0.15, -0.1) is 0 Å². The van der Waals surface area contributed by atoms with Gasteiger partial charge < -0.3 is 20.7 Å². The van der Waals surface area contributed by atoms with E-state index in [0.29, 0.717) is 45.3 Å². The Morgan fingerprint density at radius 2 is 1.57 bits per heavy atom. The number of carbonyl (C=O) groups is 2. The zero-order valence-corrected chi connectivity index (χ0v) is 25.9. The molecule has 232 valence electrons. The van der Waals surface area contributed by atoms with Crippen LogP contribution in [0.2, 0.25) is 0 Å². The minimum absolute atomic E-state index is 0.0158. The molecule has 0 bridgehead atoms. The number of nitrogens with two attached hydrogens (primary N) is 1. The standard InChI is InChI=1S/C27H36N4O5S.CH4O3S/c1-26(2,28)25(33)29-22(18-36-17-20-9-5-4-6-10-20)24(32)30-15-13-27(14-16-30)19-31(37(3,34)35)23-12-8-7-11-21(23)27;1-5(2,3)4/h4-12,22H,13-19,28H2,1-3H3,(H,29,33);1H3,(H,2,3,4)/t22-;/m0./s1. The van der Waals surface area contributed by atoms with Crippen LogP contribution in [0.1, 0.15) is 37.8 Å². The van der Waals surface area contributed by atoms with Gasteiger partial charge in [-0.25, -0.2) is 8.42 Å². The molecule has 2 heterocycles. The third-order valence-corrected chi connectivity index (χ3v) is 8.33. The fourth-order valence-corrected chi connectivity index (χ4v) is 6.07. The van der Waals surface area contributed by atoms with Crippen molar-refractivity contribution in [3.8, 4) is 0 Å². The molecule has 42 heavy (non-hydrogen) atoms. The summed E-state index contributed by atoms with van der Waals surface area (Å²) in [5, 5.41) is 2.78. The molecule has 1 atom stereocenters. The van der Waals surface area contributed by atoms with Crippen molar-refractivity contribution < 1.29 is 35.7 Å². The number of sulfonamides is 1. The van der Waals surface area contributed by atoms with Gasteiger partial charge in [0, 0.05) is 25.0 Å². The number of nitrogens with one attached hydrogen (secondary N) is 1. The molecule has 2 amide bonds. The van der Waals surface area contributed by atoms with E-state index in [2.05, 4.69) is 5.32 Å². The number of likely N-dealkylation sites (tertiary alicyclic amines) is 1. The highest BCUT2D eigenvalue weighted by molar-refractivity contribution is 7.92. The maximum atomic E-state index is 13.6. The lowest BCUT2D eigenvalue weighted by Crippen LogP contribution is -2.59. The van der Waals surface area contributed by atoms with Crippen LogP contribution in [0, 0.1) is 0 Å². The minimum Gasteiger partial charge on any atom is -0.374 e. The molecule has 1 saturated heterocycles. The first-order chi connectivity index (χ1) is 19.4. The Morgan fingerprint density at radius 1 is 1.02 bits per heavy atom. The first kappa shape index (κ1) is 33.5. The lowest BCUT2D eigenvalue weighted by Gasteiger charge is -2.41. The summed E-state index contributed by atoms with van der Waals surface area (Å²) in [6.07, 6.45) is 3.18. The Kier molecular flexibility index (Phi) is 10.4. The van der Waals surface area contributed by atoms with Gasteiger partial charge in [-0.1, -0.05) is 48.5 Å². The number of hydrogen-bond acceptors (Lipinski definition) is 8. The molecule has 0 aromatic heterocycles. The largest absolute Gasteiger partial charge is 0.374 e. The van der Waals surface area contributed by atoms with Gasteiger partial charge in [0.25, 0.3) is 10.1 Å². The number of hydrogen-bond donors (Lipinski definition) is 3. The molecule has 12 nitrogen and oxygen atoms in total. The maximum absolute atomic E-state index is 13.6. The number of amides is 2. The summed E-state index contributed by atoms with van der Waals surface area (Å²) in [7, 11) is -7.09. The zero-order valence-electron chi connectivity index (χ0n) is 24.3. The van der Waals surface area contributed by atoms with Gasteiger partial charge in [0.2, 0.25) is 21.8 Å². The zero-order chi connectivity index (χ0) is 31.3. The van der Waals surface area contributed by atoms with Crippen LogP contribution in [0.25, 0.3) is 0 Å². The summed E-state index contributed by atoms with van der Waals surface area (Å²) in [6.45, 7) is 4.77. The lowest BCUT2D eigenvalue weighted by molar-refractivity contribution is -0.140. The number of ether oxygens (including phenoxy) is 1. The van der Waals surface area contributed by atoms with Crippen molar-refractivity contribution in [3.05, 3.63) is 65.7 Å². The van der Waals surface area contributed by atoms with Gasteiger partial charge in [-0.05, 0) is 43.9 Å². The summed E-state index contributed by atoms with van der Waals surface area (Å²) in [4.78, 5) is 27.9. The summed E-state index contributed by atoms with van der Waals surface area (Å²) in [5.41, 5.74) is 7.16. The van der Waals surface area contributed by atoms with Crippen molar-refractivity contribution in [1.82, 2.24) is 10.2 Å². The fraction of sp³-hybridized carbons (Fsp3) is 0.500. The molecule has 14 heteroatoms. The molecule has 0 unspecified atom stereocenters. The van der Waals surface area contributed by atoms with Crippen molar-refractivity contribution >= 4 is 37.6 Å². The van der Waals surface area contributed by atoms with Crippen molar-refractivity contribution in [3.63, 3.8) is 0 Å². The molecule has 4 rings (SSSR count). The molecular formula is C28H40N4O8S2. The molecular weight excluding hydrogens is 584 g/mol. The SMILES string of the molecule is CC(C)(N)C(=O)N[C@@H](COCc1ccccc1)C(=O)N1CCC2(CC1)CN(S(C)(=O)=O)c1ccccc12.CS(=O)(=O)O. The summed E-state index contributed by atoms with van der Waals surface area (Å²) < 4.78 is 58.1. The van der Waals surface area contributed by atoms with E-state index in [1.165, 1.54) is 10.6 Å². The van der Waals surface area contributed by atoms with Crippen molar-refractivity contribution in [2.24, 2.45) is 5.73 Å². The Balaban J connectivity index is 0.000000892. The topological polar surface area (TPSA) is 176 Å². The summed E-state index contributed by atoms with van der Waals surface area (Å²) >= 11 is 0. The number of fused-ring (bicyclic) bond motifs is 2. The molecule has 0 radical (unpaired) electrons. The van der Waals surface area contributed by atoms with E-state index in [1.807, 2.05) is 54.6 Å². The molecule has 2 aliphatic rings. The van der Waals surface area contributed by atoms with Crippen LogP contribution in [0.15, 0.2) is 54.6 Å². The average Bonchev–Trinajstić information content (AvgIpc) is 3.22. The van der Waals surface area contributed by atoms with Crippen LogP contribution in [0.4, 0.5) is 5.69 Å². The van der Waals surface area contributed by atoms with Gasteiger partial charge in [0.15, 0.2) is 0 Å². The van der Waals surface area contributed by atoms with Gasteiger partial charge in [0.05, 0.1) is 37.0 Å². The van der Waals surface area contributed by atoms with E-state index in [4.69, 9.17) is 15.0 Å². The van der Waals surface area contributed by atoms with Crippen LogP contribution >= 0.6 is 0 Å². The molecule has 1 spiro atoms. The predicted octanol–water partition coefficient (Wildman–Crippen LogP) is 1.27. The number of benzene rings is 2.